The zero-order valence-electron chi connectivity index (χ0n) is 9.40. The summed E-state index contributed by atoms with van der Waals surface area (Å²) in [5.74, 6) is -2.81. The van der Waals surface area contributed by atoms with Gasteiger partial charge in [0, 0.05) is 12.0 Å². The molecule has 2 N–H and O–H groups in total. The molecule has 0 heterocycles. The van der Waals surface area contributed by atoms with Gasteiger partial charge in [0.15, 0.2) is 0 Å². The first-order valence-electron chi connectivity index (χ1n) is 5.05. The topological polar surface area (TPSA) is 26.0 Å². The van der Waals surface area contributed by atoms with Crippen molar-refractivity contribution in [3.05, 3.63) is 34.4 Å². The summed E-state index contributed by atoms with van der Waals surface area (Å²) in [4.78, 5) is 0. The first-order chi connectivity index (χ1) is 6.90. The SMILES string of the molecule is Cc1ccc(C(F)(F)CCN)c(C)c1C. The van der Waals surface area contributed by atoms with Gasteiger partial charge in [0.25, 0.3) is 5.92 Å². The second-order valence-electron chi connectivity index (χ2n) is 3.92. The molecule has 0 spiro atoms. The van der Waals surface area contributed by atoms with E-state index in [1.165, 1.54) is 6.07 Å². The van der Waals surface area contributed by atoms with Gasteiger partial charge in [-0.15, -0.1) is 0 Å². The zero-order chi connectivity index (χ0) is 11.6. The van der Waals surface area contributed by atoms with Crippen LogP contribution in [0.4, 0.5) is 8.78 Å². The first-order valence-corrected chi connectivity index (χ1v) is 5.05. The largest absolute Gasteiger partial charge is 0.330 e. The minimum absolute atomic E-state index is 0.000631. The molecule has 0 aliphatic carbocycles. The van der Waals surface area contributed by atoms with Gasteiger partial charge in [-0.05, 0) is 44.0 Å². The number of alkyl halides is 2. The number of benzene rings is 1. The first kappa shape index (κ1) is 12.1. The summed E-state index contributed by atoms with van der Waals surface area (Å²) in [6.45, 7) is 5.53. The average Bonchev–Trinajstić information content (AvgIpc) is 2.13. The molecule has 3 heteroatoms. The lowest BCUT2D eigenvalue weighted by molar-refractivity contribution is -0.0113. The van der Waals surface area contributed by atoms with Gasteiger partial charge < -0.3 is 5.73 Å². The third-order valence-corrected chi connectivity index (χ3v) is 2.91. The predicted octanol–water partition coefficient (Wildman–Crippen LogP) is 3.05. The Hall–Kier alpha value is -0.960. The number of hydrogen-bond donors (Lipinski definition) is 1. The van der Waals surface area contributed by atoms with Crippen molar-refractivity contribution in [2.24, 2.45) is 5.73 Å². The van der Waals surface area contributed by atoms with E-state index in [1.807, 2.05) is 13.8 Å². The summed E-state index contributed by atoms with van der Waals surface area (Å²) in [5.41, 5.74) is 7.95. The summed E-state index contributed by atoms with van der Waals surface area (Å²) >= 11 is 0. The zero-order valence-corrected chi connectivity index (χ0v) is 9.40. The van der Waals surface area contributed by atoms with Crippen LogP contribution in [0.2, 0.25) is 0 Å². The summed E-state index contributed by atoms with van der Waals surface area (Å²) in [6, 6.07) is 3.25. The Morgan fingerprint density at radius 3 is 2.27 bits per heavy atom. The second-order valence-corrected chi connectivity index (χ2v) is 3.92. The van der Waals surface area contributed by atoms with Crippen LogP contribution in [0.25, 0.3) is 0 Å². The highest BCUT2D eigenvalue weighted by Gasteiger charge is 2.32. The normalized spacial score (nSPS) is 11.9. The van der Waals surface area contributed by atoms with Crippen molar-refractivity contribution < 1.29 is 8.78 Å². The highest BCUT2D eigenvalue weighted by Crippen LogP contribution is 2.35. The van der Waals surface area contributed by atoms with Gasteiger partial charge in [0.05, 0.1) is 0 Å². The third-order valence-electron chi connectivity index (χ3n) is 2.91. The molecule has 1 rings (SSSR count). The van der Waals surface area contributed by atoms with Crippen molar-refractivity contribution in [3.8, 4) is 0 Å². The number of halogens is 2. The smallest absolute Gasteiger partial charge is 0.274 e. The molecule has 0 radical (unpaired) electrons. The van der Waals surface area contributed by atoms with Crippen molar-refractivity contribution >= 4 is 0 Å². The molecule has 1 aromatic carbocycles. The van der Waals surface area contributed by atoms with Gasteiger partial charge in [0.1, 0.15) is 0 Å². The molecular weight excluding hydrogens is 196 g/mol. The van der Waals surface area contributed by atoms with E-state index in [-0.39, 0.29) is 18.5 Å². The number of nitrogens with two attached hydrogens (primary N) is 1. The highest BCUT2D eigenvalue weighted by molar-refractivity contribution is 5.40. The quantitative estimate of drug-likeness (QED) is 0.820. The molecule has 15 heavy (non-hydrogen) atoms. The Bertz CT molecular complexity index is 359. The fourth-order valence-electron chi connectivity index (χ4n) is 1.67. The molecule has 1 nitrogen and oxygen atoms in total. The summed E-state index contributed by atoms with van der Waals surface area (Å²) in [7, 11) is 0. The van der Waals surface area contributed by atoms with E-state index in [2.05, 4.69) is 0 Å². The Kier molecular flexibility index (Phi) is 3.45. The lowest BCUT2D eigenvalue weighted by atomic mass is 9.94. The van der Waals surface area contributed by atoms with Crippen LogP contribution in [-0.2, 0) is 5.92 Å². The molecular formula is C12H17F2N. The van der Waals surface area contributed by atoms with Crippen LogP contribution in [0.1, 0.15) is 28.7 Å². The molecule has 0 aliphatic rings. The lowest BCUT2D eigenvalue weighted by Crippen LogP contribution is -2.20. The molecule has 1 aromatic rings. The molecule has 0 atom stereocenters. The fraction of sp³-hybridized carbons (Fsp3) is 0.500. The molecule has 0 aliphatic heterocycles. The summed E-state index contributed by atoms with van der Waals surface area (Å²) in [5, 5.41) is 0. The van der Waals surface area contributed by atoms with E-state index < -0.39 is 5.92 Å². The minimum Gasteiger partial charge on any atom is -0.330 e. The maximum Gasteiger partial charge on any atom is 0.274 e. The standard InChI is InChI=1S/C12H17F2N/c1-8-4-5-11(10(3)9(8)2)12(13,14)6-7-15/h4-5H,6-7,15H2,1-3H3. The summed E-state index contributed by atoms with van der Waals surface area (Å²) < 4.78 is 27.3. The van der Waals surface area contributed by atoms with Gasteiger partial charge in [0.2, 0.25) is 0 Å². The maximum atomic E-state index is 13.6. The van der Waals surface area contributed by atoms with Crippen LogP contribution in [0.15, 0.2) is 12.1 Å². The van der Waals surface area contributed by atoms with E-state index in [4.69, 9.17) is 5.73 Å². The molecule has 0 saturated carbocycles. The van der Waals surface area contributed by atoms with Crippen molar-refractivity contribution in [2.75, 3.05) is 6.54 Å². The number of aryl methyl sites for hydroxylation is 1. The van der Waals surface area contributed by atoms with Gasteiger partial charge in [-0.1, -0.05) is 12.1 Å². The Morgan fingerprint density at radius 2 is 1.73 bits per heavy atom. The average molecular weight is 213 g/mol. The predicted molar refractivity (Wildman–Crippen MR) is 58.2 cm³/mol. The van der Waals surface area contributed by atoms with E-state index in [0.29, 0.717) is 5.56 Å². The maximum absolute atomic E-state index is 13.6. The van der Waals surface area contributed by atoms with Crippen LogP contribution in [0.5, 0.6) is 0 Å². The van der Waals surface area contributed by atoms with Gasteiger partial charge in [-0.2, -0.15) is 0 Å². The second kappa shape index (κ2) is 4.27. The van der Waals surface area contributed by atoms with E-state index in [1.54, 1.807) is 13.0 Å². The summed E-state index contributed by atoms with van der Waals surface area (Å²) in [6.07, 6.45) is -0.295. The van der Waals surface area contributed by atoms with Crippen molar-refractivity contribution in [3.63, 3.8) is 0 Å². The molecule has 0 saturated heterocycles. The Morgan fingerprint density at radius 1 is 1.13 bits per heavy atom. The van der Waals surface area contributed by atoms with Crippen molar-refractivity contribution in [2.45, 2.75) is 33.1 Å². The van der Waals surface area contributed by atoms with Crippen LogP contribution in [-0.4, -0.2) is 6.54 Å². The van der Waals surface area contributed by atoms with Gasteiger partial charge in [-0.3, -0.25) is 0 Å². The highest BCUT2D eigenvalue weighted by atomic mass is 19.3. The van der Waals surface area contributed by atoms with Gasteiger partial charge in [-0.25, -0.2) is 8.78 Å². The molecule has 0 aromatic heterocycles. The van der Waals surface area contributed by atoms with E-state index in [9.17, 15) is 8.78 Å². The number of rotatable bonds is 3. The molecule has 0 fully saturated rings. The van der Waals surface area contributed by atoms with Crippen LogP contribution >= 0.6 is 0 Å². The van der Waals surface area contributed by atoms with Gasteiger partial charge >= 0.3 is 0 Å². The minimum atomic E-state index is -2.81. The fourth-order valence-corrected chi connectivity index (χ4v) is 1.67. The van der Waals surface area contributed by atoms with E-state index in [0.717, 1.165) is 11.1 Å². The Labute approximate surface area is 89.3 Å². The monoisotopic (exact) mass is 213 g/mol. The molecule has 0 bridgehead atoms. The van der Waals surface area contributed by atoms with Crippen LogP contribution in [0.3, 0.4) is 0 Å². The number of hydrogen-bond acceptors (Lipinski definition) is 1. The lowest BCUT2D eigenvalue weighted by Gasteiger charge is -2.20. The van der Waals surface area contributed by atoms with Crippen molar-refractivity contribution in [1.29, 1.82) is 0 Å². The van der Waals surface area contributed by atoms with Crippen LogP contribution in [0, 0.1) is 20.8 Å². The Balaban J connectivity index is 3.21. The van der Waals surface area contributed by atoms with Crippen LogP contribution < -0.4 is 5.73 Å². The molecule has 0 amide bonds. The molecule has 0 unspecified atom stereocenters. The molecule has 84 valence electrons. The van der Waals surface area contributed by atoms with Crippen molar-refractivity contribution in [1.82, 2.24) is 0 Å². The third kappa shape index (κ3) is 2.34. The van der Waals surface area contributed by atoms with E-state index >= 15 is 0 Å².